The standard InChI is InChI=1S/C33H30ClF4N5O2/c1-2-20-24(35)6-5-18-13-19(44)14-21(26(18)20)27-23(34)15-22-29(28(27)36)40-32(45-17-33-7-3-10-43(33)11-4-8-33)41-31(22)42-12-9-39-25(16-42)30(37)38/h1,5-6,13-15,25,30,39,44H,3-4,7-12,16-17H2. The number of nitrogens with zero attached hydrogens (tertiary/aromatic N) is 4. The molecule has 7 rings (SSSR count). The van der Waals surface area contributed by atoms with Crippen molar-refractivity contribution in [3.63, 3.8) is 0 Å². The zero-order valence-corrected chi connectivity index (χ0v) is 25.0. The molecule has 1 atom stereocenters. The van der Waals surface area contributed by atoms with Crippen molar-refractivity contribution in [1.82, 2.24) is 20.2 Å². The summed E-state index contributed by atoms with van der Waals surface area (Å²) in [7, 11) is 0. The number of halogens is 5. The van der Waals surface area contributed by atoms with Crippen LogP contribution in [0.4, 0.5) is 23.4 Å². The van der Waals surface area contributed by atoms with Crippen molar-refractivity contribution in [3.8, 4) is 35.2 Å². The summed E-state index contributed by atoms with van der Waals surface area (Å²) < 4.78 is 65.4. The Kier molecular flexibility index (Phi) is 7.63. The van der Waals surface area contributed by atoms with Crippen LogP contribution in [-0.2, 0) is 0 Å². The van der Waals surface area contributed by atoms with Gasteiger partial charge >= 0.3 is 6.01 Å². The first-order chi connectivity index (χ1) is 21.7. The summed E-state index contributed by atoms with van der Waals surface area (Å²) in [6, 6.07) is 5.55. The van der Waals surface area contributed by atoms with Crippen molar-refractivity contribution < 1.29 is 27.4 Å². The summed E-state index contributed by atoms with van der Waals surface area (Å²) in [6.07, 6.45) is 7.08. The summed E-state index contributed by atoms with van der Waals surface area (Å²) >= 11 is 6.76. The molecule has 7 nitrogen and oxygen atoms in total. The molecule has 3 aliphatic heterocycles. The monoisotopic (exact) mass is 639 g/mol. The molecule has 0 amide bonds. The maximum Gasteiger partial charge on any atom is 0.319 e. The Hall–Kier alpha value is -3.85. The average molecular weight is 640 g/mol. The fourth-order valence-electron chi connectivity index (χ4n) is 7.27. The van der Waals surface area contributed by atoms with Gasteiger partial charge in [0.05, 0.1) is 22.2 Å². The number of benzene rings is 3. The number of aromatic hydroxyl groups is 1. The third-order valence-corrected chi connectivity index (χ3v) is 9.70. The third kappa shape index (κ3) is 5.09. The molecule has 45 heavy (non-hydrogen) atoms. The number of ether oxygens (including phenoxy) is 1. The van der Waals surface area contributed by atoms with Gasteiger partial charge in [0.15, 0.2) is 5.82 Å². The number of phenolic OH excluding ortho intramolecular Hbond substituents is 1. The maximum atomic E-state index is 16.9. The number of fused-ring (bicyclic) bond motifs is 3. The number of hydrogen-bond donors (Lipinski definition) is 2. The molecule has 3 aliphatic rings. The number of rotatable bonds is 6. The van der Waals surface area contributed by atoms with Crippen molar-refractivity contribution in [1.29, 1.82) is 0 Å². The van der Waals surface area contributed by atoms with E-state index in [4.69, 9.17) is 22.8 Å². The Morgan fingerprint density at radius 1 is 1.13 bits per heavy atom. The van der Waals surface area contributed by atoms with E-state index in [1.54, 1.807) is 4.90 Å². The SMILES string of the molecule is C#Cc1c(F)ccc2cc(O)cc(-c3c(Cl)cc4c(N5CCNC(C(F)F)C5)nc(OCC56CCCN5CCC6)nc4c3F)c12. The molecule has 1 unspecified atom stereocenters. The van der Waals surface area contributed by atoms with E-state index in [2.05, 4.69) is 26.1 Å². The molecule has 4 aromatic rings. The smallest absolute Gasteiger partial charge is 0.319 e. The van der Waals surface area contributed by atoms with Gasteiger partial charge in [0.2, 0.25) is 0 Å². The second-order valence-corrected chi connectivity index (χ2v) is 12.4. The van der Waals surface area contributed by atoms with Gasteiger partial charge < -0.3 is 20.1 Å². The molecule has 3 saturated heterocycles. The summed E-state index contributed by atoms with van der Waals surface area (Å²) in [5.74, 6) is 0.797. The molecule has 0 spiro atoms. The Morgan fingerprint density at radius 3 is 2.64 bits per heavy atom. The summed E-state index contributed by atoms with van der Waals surface area (Å²) in [6.45, 7) is 2.79. The minimum atomic E-state index is -2.62. The van der Waals surface area contributed by atoms with Crippen molar-refractivity contribution in [2.24, 2.45) is 0 Å². The fraction of sp³-hybridized carbons (Fsp3) is 0.394. The van der Waals surface area contributed by atoms with Gasteiger partial charge in [0, 0.05) is 36.0 Å². The fourth-order valence-corrected chi connectivity index (χ4v) is 7.57. The molecular formula is C33H30ClF4N5O2. The van der Waals surface area contributed by atoms with Crippen LogP contribution in [0.25, 0.3) is 32.8 Å². The van der Waals surface area contributed by atoms with Crippen LogP contribution in [0.5, 0.6) is 11.8 Å². The van der Waals surface area contributed by atoms with E-state index in [1.807, 2.05) is 0 Å². The van der Waals surface area contributed by atoms with E-state index < -0.39 is 24.1 Å². The number of alkyl halides is 2. The van der Waals surface area contributed by atoms with Crippen LogP contribution in [0.3, 0.4) is 0 Å². The van der Waals surface area contributed by atoms with Gasteiger partial charge in [-0.3, -0.25) is 4.90 Å². The lowest BCUT2D eigenvalue weighted by molar-refractivity contribution is 0.0955. The molecule has 1 aromatic heterocycles. The Bertz CT molecular complexity index is 1860. The highest BCUT2D eigenvalue weighted by atomic mass is 35.5. The van der Waals surface area contributed by atoms with Crippen molar-refractivity contribution in [2.75, 3.05) is 44.2 Å². The summed E-state index contributed by atoms with van der Waals surface area (Å²) in [5.41, 5.74) is -0.473. The molecule has 234 valence electrons. The molecule has 3 fully saturated rings. The lowest BCUT2D eigenvalue weighted by Crippen LogP contribution is -2.54. The van der Waals surface area contributed by atoms with E-state index >= 15 is 4.39 Å². The Labute approximate surface area is 262 Å². The molecule has 0 bridgehead atoms. The molecule has 0 saturated carbocycles. The highest BCUT2D eigenvalue weighted by Gasteiger charge is 2.45. The van der Waals surface area contributed by atoms with Crippen LogP contribution >= 0.6 is 11.6 Å². The van der Waals surface area contributed by atoms with Crippen LogP contribution in [0.2, 0.25) is 5.02 Å². The summed E-state index contributed by atoms with van der Waals surface area (Å²) in [4.78, 5) is 13.2. The van der Waals surface area contributed by atoms with Gasteiger partial charge in [-0.2, -0.15) is 9.97 Å². The molecular weight excluding hydrogens is 610 g/mol. The van der Waals surface area contributed by atoms with Crippen LogP contribution in [-0.4, -0.2) is 77.3 Å². The van der Waals surface area contributed by atoms with Gasteiger partial charge in [-0.1, -0.05) is 23.6 Å². The van der Waals surface area contributed by atoms with Gasteiger partial charge in [-0.05, 0) is 74.0 Å². The number of nitrogens with one attached hydrogen (secondary N) is 1. The predicted octanol–water partition coefficient (Wildman–Crippen LogP) is 6.12. The highest BCUT2D eigenvalue weighted by molar-refractivity contribution is 6.35. The van der Waals surface area contributed by atoms with E-state index in [-0.39, 0.29) is 74.2 Å². The van der Waals surface area contributed by atoms with Gasteiger partial charge in [-0.25, -0.2) is 17.6 Å². The zero-order chi connectivity index (χ0) is 31.5. The second-order valence-electron chi connectivity index (χ2n) is 12.0. The van der Waals surface area contributed by atoms with Crippen molar-refractivity contribution >= 4 is 39.1 Å². The number of aromatic nitrogens is 2. The molecule has 4 heterocycles. The second kappa shape index (κ2) is 11.5. The number of phenols is 1. The van der Waals surface area contributed by atoms with E-state index in [9.17, 15) is 18.3 Å². The van der Waals surface area contributed by atoms with Gasteiger partial charge in [0.25, 0.3) is 6.43 Å². The predicted molar refractivity (Wildman–Crippen MR) is 165 cm³/mol. The Balaban J connectivity index is 1.41. The van der Waals surface area contributed by atoms with Gasteiger partial charge in [0.1, 0.15) is 29.5 Å². The normalized spacial score (nSPS) is 19.8. The van der Waals surface area contributed by atoms with Crippen LogP contribution in [0.15, 0.2) is 30.3 Å². The first-order valence-electron chi connectivity index (χ1n) is 15.0. The van der Waals surface area contributed by atoms with Gasteiger partial charge in [-0.15, -0.1) is 6.42 Å². The number of hydrogen-bond acceptors (Lipinski definition) is 7. The minimum absolute atomic E-state index is 0.0790. The number of anilines is 1. The number of piperazine rings is 1. The average Bonchev–Trinajstić information content (AvgIpc) is 3.61. The van der Waals surface area contributed by atoms with Crippen molar-refractivity contribution in [2.45, 2.75) is 43.7 Å². The van der Waals surface area contributed by atoms with Crippen molar-refractivity contribution in [3.05, 3.63) is 52.6 Å². The topological polar surface area (TPSA) is 73.8 Å². The molecule has 2 N–H and O–H groups in total. The zero-order valence-electron chi connectivity index (χ0n) is 24.2. The first-order valence-corrected chi connectivity index (χ1v) is 15.3. The minimum Gasteiger partial charge on any atom is -0.508 e. The highest BCUT2D eigenvalue weighted by Crippen LogP contribution is 2.44. The largest absolute Gasteiger partial charge is 0.508 e. The van der Waals surface area contributed by atoms with E-state index in [0.29, 0.717) is 18.5 Å². The summed E-state index contributed by atoms with van der Waals surface area (Å²) in [5, 5.41) is 14.1. The van der Waals surface area contributed by atoms with E-state index in [0.717, 1.165) is 38.8 Å². The molecule has 0 radical (unpaired) electrons. The molecule has 12 heteroatoms. The van der Waals surface area contributed by atoms with Crippen LogP contribution < -0.4 is 15.0 Å². The maximum absolute atomic E-state index is 16.9. The number of terminal acetylenes is 1. The van der Waals surface area contributed by atoms with Crippen LogP contribution in [0.1, 0.15) is 31.2 Å². The van der Waals surface area contributed by atoms with E-state index in [1.165, 1.54) is 30.3 Å². The lowest BCUT2D eigenvalue weighted by Gasteiger charge is -2.35. The lowest BCUT2D eigenvalue weighted by atomic mass is 9.93. The first kappa shape index (κ1) is 29.8. The molecule has 3 aromatic carbocycles. The Morgan fingerprint density at radius 2 is 1.91 bits per heavy atom. The third-order valence-electron chi connectivity index (χ3n) is 9.40. The quantitative estimate of drug-likeness (QED) is 0.195. The molecule has 0 aliphatic carbocycles. The van der Waals surface area contributed by atoms with Crippen LogP contribution in [0, 0.1) is 24.0 Å².